The minimum absolute atomic E-state index is 0.322. The number of methoxy groups -OCH3 is 2. The standard InChI is InChI=1S/C22H19ClFN3O2.C2H6O/c1-29-13-15-12-25-22-19(7-4-10-28)26-21(16-5-2-3-6-18(16)24)17-11-14(23)8-9-20(17)27(15)22;1-3-2/h2-3,5-6,8-12,19H,4,7,13H2,1H3;1-2H3/t19-;/m0./s1. The smallest absolute Gasteiger partial charge is 0.138 e. The first kappa shape index (κ1) is 23.8. The first-order valence-corrected chi connectivity index (χ1v) is 10.5. The van der Waals surface area contributed by atoms with Gasteiger partial charge in [-0.25, -0.2) is 9.37 Å². The Morgan fingerprint density at radius 2 is 1.91 bits per heavy atom. The maximum absolute atomic E-state index is 14.7. The monoisotopic (exact) mass is 457 g/mol. The fourth-order valence-electron chi connectivity index (χ4n) is 3.63. The summed E-state index contributed by atoms with van der Waals surface area (Å²) in [6.07, 6.45) is 3.39. The molecule has 1 atom stereocenters. The molecule has 0 spiro atoms. The van der Waals surface area contributed by atoms with Gasteiger partial charge in [-0.15, -0.1) is 0 Å². The van der Waals surface area contributed by atoms with E-state index < -0.39 is 6.04 Å². The van der Waals surface area contributed by atoms with E-state index in [-0.39, 0.29) is 5.82 Å². The quantitative estimate of drug-likeness (QED) is 0.491. The van der Waals surface area contributed by atoms with E-state index in [1.54, 1.807) is 57.9 Å². The second-order valence-corrected chi connectivity index (χ2v) is 7.60. The number of aliphatic imine (C=N–C) groups is 1. The summed E-state index contributed by atoms with van der Waals surface area (Å²) in [5.74, 6) is 0.316. The Balaban J connectivity index is 0.000000913. The van der Waals surface area contributed by atoms with Gasteiger partial charge >= 0.3 is 0 Å². The Hall–Kier alpha value is -2.87. The largest absolute Gasteiger partial charge is 0.388 e. The molecule has 1 aromatic heterocycles. The SMILES string of the molecule is COC.COCc1cnc2n1-c1ccc(Cl)cc1C(c1ccccc1F)=N[C@H]2CCC=O. The molecular weight excluding hydrogens is 433 g/mol. The highest BCUT2D eigenvalue weighted by Crippen LogP contribution is 2.35. The molecular formula is C24H25ClFN3O3. The lowest BCUT2D eigenvalue weighted by atomic mass is 9.99. The molecule has 0 N–H and O–H groups in total. The summed E-state index contributed by atoms with van der Waals surface area (Å²) < 4.78 is 26.3. The second kappa shape index (κ2) is 11.1. The summed E-state index contributed by atoms with van der Waals surface area (Å²) in [5, 5.41) is 0.522. The van der Waals surface area contributed by atoms with Gasteiger partial charge < -0.3 is 14.3 Å². The molecule has 0 saturated heterocycles. The molecule has 168 valence electrons. The van der Waals surface area contributed by atoms with Crippen LogP contribution in [0.15, 0.2) is 53.7 Å². The minimum atomic E-state index is -0.411. The van der Waals surface area contributed by atoms with Crippen molar-refractivity contribution < 1.29 is 18.7 Å². The molecule has 0 radical (unpaired) electrons. The number of nitrogens with zero attached hydrogens (tertiary/aromatic N) is 3. The van der Waals surface area contributed by atoms with Crippen LogP contribution in [-0.4, -0.2) is 42.9 Å². The van der Waals surface area contributed by atoms with Crippen LogP contribution in [0.1, 0.15) is 41.5 Å². The third-order valence-corrected chi connectivity index (χ3v) is 5.11. The van der Waals surface area contributed by atoms with Crippen molar-refractivity contribution in [2.45, 2.75) is 25.5 Å². The van der Waals surface area contributed by atoms with Gasteiger partial charge in [0.15, 0.2) is 0 Å². The molecule has 0 unspecified atom stereocenters. The number of imidazole rings is 1. The van der Waals surface area contributed by atoms with Gasteiger partial charge in [-0.05, 0) is 36.8 Å². The van der Waals surface area contributed by atoms with E-state index in [1.807, 2.05) is 10.6 Å². The highest BCUT2D eigenvalue weighted by molar-refractivity contribution is 6.31. The Morgan fingerprint density at radius 3 is 2.59 bits per heavy atom. The molecule has 32 heavy (non-hydrogen) atoms. The third-order valence-electron chi connectivity index (χ3n) is 4.88. The molecule has 8 heteroatoms. The first-order valence-electron chi connectivity index (χ1n) is 10.1. The zero-order chi connectivity index (χ0) is 23.1. The molecule has 0 fully saturated rings. The fourth-order valence-corrected chi connectivity index (χ4v) is 3.80. The number of fused-ring (bicyclic) bond motifs is 3. The molecule has 0 bridgehead atoms. The number of aromatic nitrogens is 2. The van der Waals surface area contributed by atoms with Gasteiger partial charge in [-0.3, -0.25) is 9.56 Å². The van der Waals surface area contributed by atoms with Crippen molar-refractivity contribution in [2.75, 3.05) is 21.3 Å². The maximum atomic E-state index is 14.7. The van der Waals surface area contributed by atoms with E-state index in [0.29, 0.717) is 47.1 Å². The van der Waals surface area contributed by atoms with Crippen LogP contribution >= 0.6 is 11.6 Å². The Bertz CT molecular complexity index is 1110. The van der Waals surface area contributed by atoms with Crippen molar-refractivity contribution in [3.05, 3.63) is 82.1 Å². The van der Waals surface area contributed by atoms with Crippen molar-refractivity contribution in [1.82, 2.24) is 9.55 Å². The van der Waals surface area contributed by atoms with Crippen LogP contribution in [0.4, 0.5) is 4.39 Å². The molecule has 0 aliphatic carbocycles. The number of benzene rings is 2. The Labute approximate surface area is 191 Å². The summed E-state index contributed by atoms with van der Waals surface area (Å²) in [7, 11) is 4.87. The molecule has 4 rings (SSSR count). The second-order valence-electron chi connectivity index (χ2n) is 7.16. The molecule has 0 saturated carbocycles. The summed E-state index contributed by atoms with van der Waals surface area (Å²) in [5.41, 5.74) is 3.21. The first-order chi connectivity index (χ1) is 15.5. The average Bonchev–Trinajstić information content (AvgIpc) is 3.13. The highest BCUT2D eigenvalue weighted by Gasteiger charge is 2.28. The zero-order valence-electron chi connectivity index (χ0n) is 18.2. The van der Waals surface area contributed by atoms with Gasteiger partial charge in [0, 0.05) is 43.9 Å². The molecule has 2 aromatic carbocycles. The Kier molecular flexibility index (Phi) is 8.27. The van der Waals surface area contributed by atoms with Crippen LogP contribution in [0.3, 0.4) is 0 Å². The van der Waals surface area contributed by atoms with E-state index in [2.05, 4.69) is 9.72 Å². The van der Waals surface area contributed by atoms with E-state index in [1.165, 1.54) is 6.07 Å². The number of carbonyl (C=O) groups excluding carboxylic acids is 1. The number of carbonyl (C=O) groups is 1. The molecule has 1 aliphatic rings. The van der Waals surface area contributed by atoms with Crippen molar-refractivity contribution >= 4 is 23.6 Å². The number of halogens is 2. The zero-order valence-corrected chi connectivity index (χ0v) is 19.0. The normalized spacial score (nSPS) is 14.4. The van der Waals surface area contributed by atoms with E-state index in [4.69, 9.17) is 21.3 Å². The number of hydrogen-bond donors (Lipinski definition) is 0. The lowest BCUT2D eigenvalue weighted by molar-refractivity contribution is -0.108. The number of hydrogen-bond acceptors (Lipinski definition) is 5. The van der Waals surface area contributed by atoms with Crippen molar-refractivity contribution in [1.29, 1.82) is 0 Å². The molecule has 1 aliphatic heterocycles. The van der Waals surface area contributed by atoms with E-state index in [0.717, 1.165) is 17.7 Å². The van der Waals surface area contributed by atoms with E-state index >= 15 is 0 Å². The van der Waals surface area contributed by atoms with Crippen LogP contribution in [0.5, 0.6) is 0 Å². The van der Waals surface area contributed by atoms with Crippen LogP contribution < -0.4 is 0 Å². The molecule has 3 aromatic rings. The molecule has 6 nitrogen and oxygen atoms in total. The van der Waals surface area contributed by atoms with Gasteiger partial charge in [0.2, 0.25) is 0 Å². The topological polar surface area (TPSA) is 65.7 Å². The number of ether oxygens (including phenoxy) is 2. The van der Waals surface area contributed by atoms with Gasteiger partial charge in [0.25, 0.3) is 0 Å². The lowest BCUT2D eigenvalue weighted by Crippen LogP contribution is -2.10. The van der Waals surface area contributed by atoms with Crippen molar-refractivity contribution in [3.8, 4) is 5.69 Å². The minimum Gasteiger partial charge on any atom is -0.388 e. The van der Waals surface area contributed by atoms with Gasteiger partial charge in [-0.2, -0.15) is 0 Å². The van der Waals surface area contributed by atoms with Crippen molar-refractivity contribution in [2.24, 2.45) is 4.99 Å². The number of rotatable bonds is 6. The van der Waals surface area contributed by atoms with Crippen LogP contribution in [0.25, 0.3) is 5.69 Å². The van der Waals surface area contributed by atoms with Gasteiger partial charge in [-0.1, -0.05) is 23.7 Å². The molecule has 2 heterocycles. The Morgan fingerprint density at radius 1 is 1.16 bits per heavy atom. The third kappa shape index (κ3) is 4.96. The predicted octanol–water partition coefficient (Wildman–Crippen LogP) is 4.95. The summed E-state index contributed by atoms with van der Waals surface area (Å²) in [4.78, 5) is 20.5. The van der Waals surface area contributed by atoms with Crippen LogP contribution in [0.2, 0.25) is 5.02 Å². The van der Waals surface area contributed by atoms with Gasteiger partial charge in [0.05, 0.1) is 29.9 Å². The maximum Gasteiger partial charge on any atom is 0.138 e. The van der Waals surface area contributed by atoms with E-state index in [9.17, 15) is 9.18 Å². The highest BCUT2D eigenvalue weighted by atomic mass is 35.5. The summed E-state index contributed by atoms with van der Waals surface area (Å²) in [6, 6.07) is 11.5. The van der Waals surface area contributed by atoms with Crippen molar-refractivity contribution in [3.63, 3.8) is 0 Å². The predicted molar refractivity (Wildman–Crippen MR) is 122 cm³/mol. The number of aldehydes is 1. The van der Waals surface area contributed by atoms with Crippen LogP contribution in [-0.2, 0) is 20.9 Å². The fraction of sp³-hybridized carbons (Fsp3) is 0.292. The molecule has 0 amide bonds. The summed E-state index contributed by atoms with van der Waals surface area (Å²) >= 11 is 6.30. The van der Waals surface area contributed by atoms with Gasteiger partial charge in [0.1, 0.15) is 24.0 Å². The summed E-state index contributed by atoms with van der Waals surface area (Å²) in [6.45, 7) is 0.352. The lowest BCUT2D eigenvalue weighted by Gasteiger charge is -2.15. The average molecular weight is 458 g/mol. The van der Waals surface area contributed by atoms with Crippen LogP contribution in [0, 0.1) is 5.82 Å².